The molecule has 0 amide bonds. The first-order chi connectivity index (χ1) is 8.59. The average molecular weight is 267 g/mol. The SMILES string of the molecule is CC(S)C(=O)[C@H](c1ccccc1)N1CC[C@H](F)C1. The van der Waals surface area contributed by atoms with Crippen LogP contribution >= 0.6 is 12.6 Å². The van der Waals surface area contributed by atoms with Crippen LogP contribution in [0.25, 0.3) is 0 Å². The van der Waals surface area contributed by atoms with Gasteiger partial charge in [-0.25, -0.2) is 4.39 Å². The van der Waals surface area contributed by atoms with Crippen molar-refractivity contribution in [2.24, 2.45) is 0 Å². The van der Waals surface area contributed by atoms with E-state index in [4.69, 9.17) is 0 Å². The van der Waals surface area contributed by atoms with E-state index in [-0.39, 0.29) is 17.1 Å². The smallest absolute Gasteiger partial charge is 0.166 e. The molecule has 1 aromatic rings. The van der Waals surface area contributed by atoms with Gasteiger partial charge in [0.15, 0.2) is 5.78 Å². The molecule has 98 valence electrons. The second kappa shape index (κ2) is 5.85. The van der Waals surface area contributed by atoms with Gasteiger partial charge in [-0.3, -0.25) is 9.69 Å². The molecular formula is C14H18FNOS. The molecule has 1 aliphatic rings. The molecule has 0 bridgehead atoms. The Balaban J connectivity index is 2.26. The minimum absolute atomic E-state index is 0.0404. The number of Topliss-reactive ketones (excluding diaryl/α,β-unsaturated/α-hetero) is 1. The third-order valence-corrected chi connectivity index (χ3v) is 3.58. The Morgan fingerprint density at radius 1 is 1.44 bits per heavy atom. The number of benzene rings is 1. The minimum Gasteiger partial charge on any atom is -0.296 e. The topological polar surface area (TPSA) is 20.3 Å². The number of nitrogens with zero attached hydrogens (tertiary/aromatic N) is 1. The molecule has 0 N–H and O–H groups in total. The lowest BCUT2D eigenvalue weighted by Crippen LogP contribution is -2.35. The van der Waals surface area contributed by atoms with Crippen LogP contribution in [0, 0.1) is 0 Å². The number of carbonyl (C=O) groups excluding carboxylic acids is 1. The maximum atomic E-state index is 13.3. The number of halogens is 1. The number of ketones is 1. The average Bonchev–Trinajstić information content (AvgIpc) is 2.77. The van der Waals surface area contributed by atoms with Crippen LogP contribution in [0.2, 0.25) is 0 Å². The van der Waals surface area contributed by atoms with Crippen molar-refractivity contribution in [3.8, 4) is 0 Å². The Morgan fingerprint density at radius 3 is 2.61 bits per heavy atom. The second-order valence-electron chi connectivity index (χ2n) is 4.77. The lowest BCUT2D eigenvalue weighted by atomic mass is 9.99. The number of carbonyl (C=O) groups is 1. The summed E-state index contributed by atoms with van der Waals surface area (Å²) in [5.74, 6) is 0.0404. The first kappa shape index (κ1) is 13.6. The largest absolute Gasteiger partial charge is 0.296 e. The maximum absolute atomic E-state index is 13.3. The van der Waals surface area contributed by atoms with Crippen molar-refractivity contribution in [2.75, 3.05) is 13.1 Å². The van der Waals surface area contributed by atoms with Gasteiger partial charge in [0.25, 0.3) is 0 Å². The van der Waals surface area contributed by atoms with E-state index in [2.05, 4.69) is 12.6 Å². The summed E-state index contributed by atoms with van der Waals surface area (Å²) in [6, 6.07) is 9.20. The summed E-state index contributed by atoms with van der Waals surface area (Å²) in [5.41, 5.74) is 0.928. The summed E-state index contributed by atoms with van der Waals surface area (Å²) >= 11 is 4.23. The zero-order valence-corrected chi connectivity index (χ0v) is 11.3. The van der Waals surface area contributed by atoms with E-state index in [1.54, 1.807) is 6.92 Å². The predicted molar refractivity (Wildman–Crippen MR) is 73.7 cm³/mol. The summed E-state index contributed by atoms with van der Waals surface area (Å²) in [6.45, 7) is 2.74. The van der Waals surface area contributed by atoms with E-state index in [0.717, 1.165) is 5.56 Å². The predicted octanol–water partition coefficient (Wildman–Crippen LogP) is 2.66. The highest BCUT2D eigenvalue weighted by molar-refractivity contribution is 7.81. The van der Waals surface area contributed by atoms with E-state index in [1.807, 2.05) is 35.2 Å². The molecule has 3 atom stereocenters. The molecular weight excluding hydrogens is 249 g/mol. The third kappa shape index (κ3) is 2.93. The molecule has 2 nitrogen and oxygen atoms in total. The van der Waals surface area contributed by atoms with Crippen LogP contribution in [0.15, 0.2) is 30.3 Å². The Hall–Kier alpha value is -0.870. The Morgan fingerprint density at radius 2 is 2.11 bits per heavy atom. The molecule has 1 heterocycles. The van der Waals surface area contributed by atoms with Crippen LogP contribution in [0.1, 0.15) is 24.9 Å². The van der Waals surface area contributed by atoms with Crippen LogP contribution in [-0.2, 0) is 4.79 Å². The Bertz CT molecular complexity index is 410. The van der Waals surface area contributed by atoms with Crippen LogP contribution in [0.4, 0.5) is 4.39 Å². The number of hydrogen-bond donors (Lipinski definition) is 1. The maximum Gasteiger partial charge on any atom is 0.166 e. The van der Waals surface area contributed by atoms with Crippen LogP contribution in [0.3, 0.4) is 0 Å². The van der Waals surface area contributed by atoms with Crippen molar-refractivity contribution in [3.63, 3.8) is 0 Å². The van der Waals surface area contributed by atoms with Crippen LogP contribution in [-0.4, -0.2) is 35.2 Å². The fraction of sp³-hybridized carbons (Fsp3) is 0.500. The number of hydrogen-bond acceptors (Lipinski definition) is 3. The van der Waals surface area contributed by atoms with E-state index in [0.29, 0.717) is 19.5 Å². The Labute approximate surface area is 113 Å². The number of alkyl halides is 1. The monoisotopic (exact) mass is 267 g/mol. The van der Waals surface area contributed by atoms with Crippen LogP contribution < -0.4 is 0 Å². The highest BCUT2D eigenvalue weighted by Gasteiger charge is 2.34. The molecule has 1 aromatic carbocycles. The molecule has 18 heavy (non-hydrogen) atoms. The number of thiol groups is 1. The van der Waals surface area contributed by atoms with Gasteiger partial charge < -0.3 is 0 Å². The normalized spacial score (nSPS) is 23.8. The van der Waals surface area contributed by atoms with Gasteiger partial charge in [-0.2, -0.15) is 12.6 Å². The zero-order chi connectivity index (χ0) is 13.1. The van der Waals surface area contributed by atoms with Gasteiger partial charge in [0, 0.05) is 13.1 Å². The molecule has 1 unspecified atom stereocenters. The van der Waals surface area contributed by atoms with Crippen molar-refractivity contribution in [1.82, 2.24) is 4.90 Å². The van der Waals surface area contributed by atoms with Crippen molar-refractivity contribution in [1.29, 1.82) is 0 Å². The molecule has 0 aromatic heterocycles. The highest BCUT2D eigenvalue weighted by Crippen LogP contribution is 2.28. The van der Waals surface area contributed by atoms with Gasteiger partial charge in [0.1, 0.15) is 6.17 Å². The summed E-state index contributed by atoms with van der Waals surface area (Å²) in [4.78, 5) is 14.2. The van der Waals surface area contributed by atoms with E-state index in [9.17, 15) is 9.18 Å². The van der Waals surface area contributed by atoms with Gasteiger partial charge in [-0.05, 0) is 18.9 Å². The molecule has 0 spiro atoms. The van der Waals surface area contributed by atoms with Crippen LogP contribution in [0.5, 0.6) is 0 Å². The molecule has 0 radical (unpaired) electrons. The molecule has 2 rings (SSSR count). The fourth-order valence-electron chi connectivity index (χ4n) is 2.40. The van der Waals surface area contributed by atoms with Gasteiger partial charge in [-0.1, -0.05) is 30.3 Å². The summed E-state index contributed by atoms with van der Waals surface area (Å²) in [7, 11) is 0. The van der Waals surface area contributed by atoms with Gasteiger partial charge in [0.2, 0.25) is 0 Å². The van der Waals surface area contributed by atoms with E-state index < -0.39 is 6.17 Å². The number of likely N-dealkylation sites (tertiary alicyclic amines) is 1. The molecule has 1 fully saturated rings. The van der Waals surface area contributed by atoms with E-state index >= 15 is 0 Å². The summed E-state index contributed by atoms with van der Waals surface area (Å²) in [6.07, 6.45) is -0.309. The first-order valence-corrected chi connectivity index (χ1v) is 6.76. The second-order valence-corrected chi connectivity index (χ2v) is 5.55. The van der Waals surface area contributed by atoms with Gasteiger partial charge in [-0.15, -0.1) is 0 Å². The molecule has 1 saturated heterocycles. The lowest BCUT2D eigenvalue weighted by molar-refractivity contribution is -0.123. The van der Waals surface area contributed by atoms with Crippen molar-refractivity contribution >= 4 is 18.4 Å². The quantitative estimate of drug-likeness (QED) is 0.846. The number of rotatable bonds is 4. The fourth-order valence-corrected chi connectivity index (χ4v) is 2.54. The summed E-state index contributed by atoms with van der Waals surface area (Å²) < 4.78 is 13.3. The third-order valence-electron chi connectivity index (χ3n) is 3.32. The van der Waals surface area contributed by atoms with E-state index in [1.165, 1.54) is 0 Å². The van der Waals surface area contributed by atoms with Gasteiger partial charge >= 0.3 is 0 Å². The standard InChI is InChI=1S/C14H18FNOS/c1-10(18)14(17)13(11-5-3-2-4-6-11)16-8-7-12(15)9-16/h2-6,10,12-13,18H,7-9H2,1H3/t10?,12-,13-/m0/s1. The summed E-state index contributed by atoms with van der Waals surface area (Å²) in [5, 5.41) is -0.339. The Kier molecular flexibility index (Phi) is 4.40. The molecule has 0 aliphatic carbocycles. The zero-order valence-electron chi connectivity index (χ0n) is 10.4. The van der Waals surface area contributed by atoms with Crippen molar-refractivity contribution in [2.45, 2.75) is 30.8 Å². The minimum atomic E-state index is -0.820. The van der Waals surface area contributed by atoms with Crippen molar-refractivity contribution in [3.05, 3.63) is 35.9 Å². The molecule has 4 heteroatoms. The van der Waals surface area contributed by atoms with Gasteiger partial charge in [0.05, 0.1) is 11.3 Å². The van der Waals surface area contributed by atoms with Crippen molar-refractivity contribution < 1.29 is 9.18 Å². The molecule has 1 aliphatic heterocycles. The highest BCUT2D eigenvalue weighted by atomic mass is 32.1. The lowest BCUT2D eigenvalue weighted by Gasteiger charge is -2.27. The first-order valence-electron chi connectivity index (χ1n) is 6.24. The molecule has 0 saturated carbocycles.